The number of rotatable bonds is 7. The third-order valence-corrected chi connectivity index (χ3v) is 7.86. The number of ether oxygens (including phenoxy) is 1. The number of pyridine rings is 1. The van der Waals surface area contributed by atoms with Gasteiger partial charge in [0, 0.05) is 24.3 Å². The van der Waals surface area contributed by atoms with Gasteiger partial charge in [0.1, 0.15) is 17.3 Å². The minimum absolute atomic E-state index is 0.0172. The number of methoxy groups -OCH3 is 1. The summed E-state index contributed by atoms with van der Waals surface area (Å²) in [4.78, 5) is 31.6. The first kappa shape index (κ1) is 27.9. The number of carbonyl (C=O) groups is 2. The molecule has 2 N–H and O–H groups in total. The molecule has 7 nitrogen and oxygen atoms in total. The van der Waals surface area contributed by atoms with Crippen LogP contribution < -0.4 is 15.0 Å². The van der Waals surface area contributed by atoms with Crippen molar-refractivity contribution < 1.29 is 32.6 Å². The summed E-state index contributed by atoms with van der Waals surface area (Å²) in [6.07, 6.45) is 0.517. The Bertz CT molecular complexity index is 1450. The molecule has 2 heterocycles. The van der Waals surface area contributed by atoms with Gasteiger partial charge in [-0.25, -0.2) is 13.2 Å². The van der Waals surface area contributed by atoms with Crippen LogP contribution in [0.25, 0.3) is 0 Å². The van der Waals surface area contributed by atoms with Gasteiger partial charge in [-0.15, -0.1) is 0 Å². The first-order valence-corrected chi connectivity index (χ1v) is 13.2. The quantitative estimate of drug-likeness (QED) is 0.395. The number of nitrogens with zero attached hydrogens (tertiary/aromatic N) is 2. The highest BCUT2D eigenvalue weighted by molar-refractivity contribution is 6.30. The van der Waals surface area contributed by atoms with Gasteiger partial charge >= 0.3 is 0 Å². The van der Waals surface area contributed by atoms with Gasteiger partial charge in [0.25, 0.3) is 18.2 Å². The summed E-state index contributed by atoms with van der Waals surface area (Å²) in [6, 6.07) is 11.6. The molecule has 0 bridgehead atoms. The highest BCUT2D eigenvalue weighted by atomic mass is 35.5. The summed E-state index contributed by atoms with van der Waals surface area (Å²) < 4.78 is 47.0. The molecule has 40 heavy (non-hydrogen) atoms. The molecule has 1 saturated carbocycles. The molecule has 5 rings (SSSR count). The zero-order chi connectivity index (χ0) is 28.6. The van der Waals surface area contributed by atoms with E-state index in [0.717, 1.165) is 6.20 Å². The number of aromatic nitrogens is 1. The second-order valence-corrected chi connectivity index (χ2v) is 10.5. The van der Waals surface area contributed by atoms with E-state index in [9.17, 15) is 27.9 Å². The molecule has 1 atom stereocenters. The number of aliphatic hydroxyl groups is 1. The van der Waals surface area contributed by atoms with Crippen LogP contribution in [0.4, 0.5) is 18.9 Å². The van der Waals surface area contributed by atoms with E-state index in [1.807, 2.05) is 0 Å². The largest absolute Gasteiger partial charge is 0.496 e. The third kappa shape index (κ3) is 4.90. The van der Waals surface area contributed by atoms with Gasteiger partial charge in [-0.1, -0.05) is 35.9 Å². The lowest BCUT2D eigenvalue weighted by molar-refractivity contribution is -0.132. The fourth-order valence-electron chi connectivity index (χ4n) is 5.69. The van der Waals surface area contributed by atoms with Gasteiger partial charge in [-0.3, -0.25) is 14.6 Å². The Morgan fingerprint density at radius 1 is 1.20 bits per heavy atom. The highest BCUT2D eigenvalue weighted by Crippen LogP contribution is 2.50. The van der Waals surface area contributed by atoms with Crippen LogP contribution in [-0.4, -0.2) is 41.6 Å². The number of halogens is 4. The first-order chi connectivity index (χ1) is 19.1. The van der Waals surface area contributed by atoms with Crippen molar-refractivity contribution >= 4 is 29.1 Å². The van der Waals surface area contributed by atoms with Crippen molar-refractivity contribution in [3.63, 3.8) is 0 Å². The summed E-state index contributed by atoms with van der Waals surface area (Å²) in [5.74, 6) is -1.76. The van der Waals surface area contributed by atoms with Crippen LogP contribution >= 0.6 is 11.6 Å². The minimum atomic E-state index is -2.92. The Morgan fingerprint density at radius 2 is 1.93 bits per heavy atom. The Morgan fingerprint density at radius 3 is 2.60 bits per heavy atom. The summed E-state index contributed by atoms with van der Waals surface area (Å²) in [5.41, 5.74) is -2.66. The molecular weight excluding hydrogens is 547 g/mol. The van der Waals surface area contributed by atoms with E-state index in [4.69, 9.17) is 16.3 Å². The fraction of sp³-hybridized carbons (Fsp3) is 0.345. The van der Waals surface area contributed by atoms with Crippen LogP contribution in [0.2, 0.25) is 5.02 Å². The zero-order valence-electron chi connectivity index (χ0n) is 21.5. The van der Waals surface area contributed by atoms with Gasteiger partial charge in [-0.05, 0) is 55.9 Å². The molecule has 210 valence electrons. The first-order valence-electron chi connectivity index (χ1n) is 12.9. The molecule has 3 aromatic rings. The standard InChI is InChI=1S/C29H27ClF3N3O4/c1-40-23-8-4-7-22-24(23)29(39,20-5-2-3-6-21(20)31)28(38)36(22)15-16-9-11-18(12-10-16)35-27(37)19-13-17(30)14-34-25(19)26(32)33/h2-8,13-14,16,18,26,39H,9-12,15H2,1H3,(H,35,37). The molecular formula is C29H27ClF3N3O4. The molecule has 11 heteroatoms. The van der Waals surface area contributed by atoms with E-state index < -0.39 is 35.4 Å². The van der Waals surface area contributed by atoms with Crippen LogP contribution in [0.15, 0.2) is 54.7 Å². The molecule has 0 saturated heterocycles. The minimum Gasteiger partial charge on any atom is -0.496 e. The second kappa shape index (κ2) is 11.1. The van der Waals surface area contributed by atoms with Crippen molar-refractivity contribution in [2.75, 3.05) is 18.6 Å². The fourth-order valence-corrected chi connectivity index (χ4v) is 5.85. The number of hydrogen-bond acceptors (Lipinski definition) is 5. The maximum Gasteiger partial charge on any atom is 0.281 e. The number of amides is 2. The Kier molecular flexibility index (Phi) is 7.74. The average Bonchev–Trinajstić information content (AvgIpc) is 3.16. The predicted molar refractivity (Wildman–Crippen MR) is 142 cm³/mol. The maximum absolute atomic E-state index is 14.9. The molecule has 1 unspecified atom stereocenters. The van der Waals surface area contributed by atoms with E-state index in [-0.39, 0.29) is 46.0 Å². The Labute approximate surface area is 233 Å². The average molecular weight is 574 g/mol. The smallest absolute Gasteiger partial charge is 0.281 e. The third-order valence-electron chi connectivity index (χ3n) is 7.65. The Hall–Kier alpha value is -3.63. The lowest BCUT2D eigenvalue weighted by atomic mass is 9.85. The van der Waals surface area contributed by atoms with Gasteiger partial charge in [0.2, 0.25) is 5.60 Å². The number of nitrogens with one attached hydrogen (secondary N) is 1. The topological polar surface area (TPSA) is 91.8 Å². The monoisotopic (exact) mass is 573 g/mol. The van der Waals surface area contributed by atoms with E-state index in [0.29, 0.717) is 31.4 Å². The summed E-state index contributed by atoms with van der Waals surface area (Å²) in [6.45, 7) is 0.268. The summed E-state index contributed by atoms with van der Waals surface area (Å²) in [5, 5.41) is 14.7. The zero-order valence-corrected chi connectivity index (χ0v) is 22.3. The van der Waals surface area contributed by atoms with Gasteiger partial charge in [0.15, 0.2) is 0 Å². The van der Waals surface area contributed by atoms with E-state index in [2.05, 4.69) is 10.3 Å². The van der Waals surface area contributed by atoms with E-state index >= 15 is 0 Å². The molecule has 0 radical (unpaired) electrons. The molecule has 1 aliphatic heterocycles. The molecule has 2 amide bonds. The lowest BCUT2D eigenvalue weighted by Gasteiger charge is -2.32. The highest BCUT2D eigenvalue weighted by Gasteiger charge is 2.54. The van der Waals surface area contributed by atoms with Gasteiger partial charge in [0.05, 0.1) is 28.9 Å². The van der Waals surface area contributed by atoms with E-state index in [1.165, 1.54) is 36.3 Å². The molecule has 2 aliphatic rings. The molecule has 1 aromatic heterocycles. The SMILES string of the molecule is COc1cccc2c1C(O)(c1ccccc1F)C(=O)N2CC1CCC(NC(=O)c2cc(Cl)cnc2C(F)F)CC1. The maximum atomic E-state index is 14.9. The molecule has 1 fully saturated rings. The summed E-state index contributed by atoms with van der Waals surface area (Å²) in [7, 11) is 1.42. The van der Waals surface area contributed by atoms with Crippen molar-refractivity contribution in [2.24, 2.45) is 5.92 Å². The van der Waals surface area contributed by atoms with Crippen molar-refractivity contribution in [2.45, 2.75) is 43.8 Å². The van der Waals surface area contributed by atoms with Crippen LogP contribution in [0.5, 0.6) is 5.75 Å². The van der Waals surface area contributed by atoms with Crippen LogP contribution in [0.1, 0.15) is 59.3 Å². The normalized spacial score (nSPS) is 22.4. The number of benzene rings is 2. The van der Waals surface area contributed by atoms with Crippen molar-refractivity contribution in [3.05, 3.63) is 88.0 Å². The van der Waals surface area contributed by atoms with Crippen LogP contribution in [0.3, 0.4) is 0 Å². The van der Waals surface area contributed by atoms with E-state index in [1.54, 1.807) is 24.3 Å². The van der Waals surface area contributed by atoms with Gasteiger partial charge < -0.3 is 20.1 Å². The summed E-state index contributed by atoms with van der Waals surface area (Å²) >= 11 is 5.88. The Balaban J connectivity index is 1.32. The lowest BCUT2D eigenvalue weighted by Crippen LogP contribution is -2.45. The second-order valence-electron chi connectivity index (χ2n) is 10.0. The number of anilines is 1. The number of alkyl halides is 2. The van der Waals surface area contributed by atoms with Crippen LogP contribution in [0, 0.1) is 11.7 Å². The molecule has 0 spiro atoms. The van der Waals surface area contributed by atoms with Gasteiger partial charge in [-0.2, -0.15) is 0 Å². The number of carbonyl (C=O) groups excluding carboxylic acids is 2. The van der Waals surface area contributed by atoms with Crippen LogP contribution in [-0.2, 0) is 10.4 Å². The molecule has 1 aliphatic carbocycles. The molecule has 2 aromatic carbocycles. The van der Waals surface area contributed by atoms with Crippen molar-refractivity contribution in [1.29, 1.82) is 0 Å². The van der Waals surface area contributed by atoms with Crippen molar-refractivity contribution in [3.8, 4) is 5.75 Å². The number of fused-ring (bicyclic) bond motifs is 1. The number of hydrogen-bond donors (Lipinski definition) is 2. The predicted octanol–water partition coefficient (Wildman–Crippen LogP) is 5.39. The van der Waals surface area contributed by atoms with Crippen molar-refractivity contribution in [1.82, 2.24) is 10.3 Å².